The van der Waals surface area contributed by atoms with Gasteiger partial charge in [-0.3, -0.25) is 19.1 Å². The highest BCUT2D eigenvalue weighted by atomic mass is 32.1. The molecule has 4 aromatic rings. The van der Waals surface area contributed by atoms with Crippen molar-refractivity contribution in [2.24, 2.45) is 10.9 Å². The maximum Gasteiger partial charge on any atom is 0.308 e. The Morgan fingerprint density at radius 1 is 1.00 bits per heavy atom. The number of thiophene rings is 1. The van der Waals surface area contributed by atoms with Crippen LogP contribution < -0.4 is 0 Å². The van der Waals surface area contributed by atoms with Crippen LogP contribution in [0.5, 0.6) is 0 Å². The van der Waals surface area contributed by atoms with Gasteiger partial charge in [-0.15, -0.1) is 21.5 Å². The Labute approximate surface area is 213 Å². The van der Waals surface area contributed by atoms with Gasteiger partial charge in [0.15, 0.2) is 11.6 Å². The average molecular weight is 499 g/mol. The van der Waals surface area contributed by atoms with Gasteiger partial charge in [-0.25, -0.2) is 0 Å². The van der Waals surface area contributed by atoms with Crippen molar-refractivity contribution in [2.75, 3.05) is 0 Å². The van der Waals surface area contributed by atoms with E-state index in [1.54, 1.807) is 25.2 Å². The molecule has 0 fully saturated rings. The Kier molecular flexibility index (Phi) is 5.92. The molecule has 7 nitrogen and oxygen atoms in total. The van der Waals surface area contributed by atoms with Gasteiger partial charge < -0.3 is 5.11 Å². The zero-order chi connectivity index (χ0) is 25.7. The molecule has 0 bridgehead atoms. The van der Waals surface area contributed by atoms with Crippen molar-refractivity contribution in [2.45, 2.75) is 40.7 Å². The first kappa shape index (κ1) is 23.8. The molecule has 8 heteroatoms. The fourth-order valence-corrected chi connectivity index (χ4v) is 5.88. The number of benzene rings is 2. The fraction of sp³-hybridized carbons (Fsp3) is 0.250. The molecule has 36 heavy (non-hydrogen) atoms. The number of aliphatic imine (C=N–C) groups is 1. The molecular weight excluding hydrogens is 472 g/mol. The second-order valence-electron chi connectivity index (χ2n) is 9.13. The van der Waals surface area contributed by atoms with Gasteiger partial charge in [-0.05, 0) is 51.3 Å². The van der Waals surface area contributed by atoms with E-state index in [1.165, 1.54) is 0 Å². The monoisotopic (exact) mass is 498 g/mol. The molecule has 1 aliphatic heterocycles. The number of carbonyl (C=O) groups is 2. The summed E-state index contributed by atoms with van der Waals surface area (Å²) in [6.45, 7) is 9.24. The van der Waals surface area contributed by atoms with Crippen LogP contribution in [0, 0.1) is 26.7 Å². The van der Waals surface area contributed by atoms with E-state index in [0.717, 1.165) is 43.4 Å². The number of fused-ring (bicyclic) bond motifs is 3. The highest BCUT2D eigenvalue weighted by Gasteiger charge is 2.36. The zero-order valence-electron chi connectivity index (χ0n) is 20.7. The quantitative estimate of drug-likeness (QED) is 0.354. The standard InChI is InChI=1S/C28H26N4O3S/c1-14-17(4)36-27-23(14)25(29-24(15(2)28(34)35)26-31-30-18(5)32(26)27)20-12-10-19(11-13-20)22-9-7-6-8-21(22)16(3)33/h6-13,15,24H,1-5H3,(H,34,35)/t15?,24-/m0/s1. The van der Waals surface area contributed by atoms with Crippen molar-refractivity contribution in [3.05, 3.63) is 87.3 Å². The lowest BCUT2D eigenvalue weighted by molar-refractivity contribution is -0.141. The number of Topliss-reactive ketones (excluding diaryl/α,β-unsaturated/α-hetero) is 1. The molecule has 0 radical (unpaired) electrons. The van der Waals surface area contributed by atoms with Crippen LogP contribution in [-0.4, -0.2) is 37.3 Å². The molecule has 0 spiro atoms. The lowest BCUT2D eigenvalue weighted by Crippen LogP contribution is -2.21. The van der Waals surface area contributed by atoms with Crippen molar-refractivity contribution >= 4 is 28.8 Å². The van der Waals surface area contributed by atoms with Gasteiger partial charge in [0.25, 0.3) is 0 Å². The second-order valence-corrected chi connectivity index (χ2v) is 10.3. The molecule has 0 saturated carbocycles. The SMILES string of the molecule is CC(=O)c1ccccc1-c1ccc(C2=N[C@@H](C(C)C(=O)O)c3nnc(C)n3-c3sc(C)c(C)c32)cc1. The summed E-state index contributed by atoms with van der Waals surface area (Å²) in [5.41, 5.74) is 6.16. The van der Waals surface area contributed by atoms with E-state index >= 15 is 0 Å². The Hall–Kier alpha value is -3.91. The summed E-state index contributed by atoms with van der Waals surface area (Å²) in [5, 5.41) is 19.4. The number of hydrogen-bond donors (Lipinski definition) is 1. The van der Waals surface area contributed by atoms with Crippen LogP contribution in [0.25, 0.3) is 16.1 Å². The largest absolute Gasteiger partial charge is 0.481 e. The Morgan fingerprint density at radius 2 is 1.67 bits per heavy atom. The molecule has 0 saturated heterocycles. The van der Waals surface area contributed by atoms with Gasteiger partial charge in [0.05, 0.1) is 11.6 Å². The summed E-state index contributed by atoms with van der Waals surface area (Å²) in [4.78, 5) is 30.4. The number of carboxylic acid groups (broad SMARTS) is 1. The van der Waals surface area contributed by atoms with Crippen molar-refractivity contribution < 1.29 is 14.7 Å². The number of aliphatic carboxylic acids is 1. The summed E-state index contributed by atoms with van der Waals surface area (Å²) in [6.07, 6.45) is 0. The predicted octanol–water partition coefficient (Wildman–Crippen LogP) is 5.74. The molecule has 1 aliphatic rings. The summed E-state index contributed by atoms with van der Waals surface area (Å²) >= 11 is 1.63. The summed E-state index contributed by atoms with van der Waals surface area (Å²) in [7, 11) is 0. The molecule has 2 aromatic carbocycles. The maximum atomic E-state index is 12.2. The molecule has 1 unspecified atom stereocenters. The van der Waals surface area contributed by atoms with E-state index in [0.29, 0.717) is 17.2 Å². The highest BCUT2D eigenvalue weighted by molar-refractivity contribution is 7.15. The second kappa shape index (κ2) is 8.95. The van der Waals surface area contributed by atoms with Crippen molar-refractivity contribution in [1.29, 1.82) is 0 Å². The summed E-state index contributed by atoms with van der Waals surface area (Å²) in [5.74, 6) is -0.487. The van der Waals surface area contributed by atoms with Crippen LogP contribution in [0.2, 0.25) is 0 Å². The lowest BCUT2D eigenvalue weighted by Gasteiger charge is -2.16. The molecule has 2 atom stereocenters. The van der Waals surface area contributed by atoms with Gasteiger partial charge in [0.1, 0.15) is 16.9 Å². The first-order chi connectivity index (χ1) is 17.2. The minimum Gasteiger partial charge on any atom is -0.481 e. The number of aromatic nitrogens is 3. The minimum atomic E-state index is -0.940. The highest BCUT2D eigenvalue weighted by Crippen LogP contribution is 2.40. The zero-order valence-corrected chi connectivity index (χ0v) is 21.6. The van der Waals surface area contributed by atoms with Gasteiger partial charge >= 0.3 is 5.97 Å². The number of hydrogen-bond acceptors (Lipinski definition) is 6. The third kappa shape index (κ3) is 3.78. The number of ketones is 1. The van der Waals surface area contributed by atoms with Crippen LogP contribution in [0.3, 0.4) is 0 Å². The van der Waals surface area contributed by atoms with Crippen molar-refractivity contribution in [3.63, 3.8) is 0 Å². The molecule has 3 heterocycles. The Morgan fingerprint density at radius 3 is 2.33 bits per heavy atom. The summed E-state index contributed by atoms with van der Waals surface area (Å²) in [6, 6.07) is 14.8. The average Bonchev–Trinajstić information content (AvgIpc) is 3.33. The summed E-state index contributed by atoms with van der Waals surface area (Å²) < 4.78 is 1.96. The van der Waals surface area contributed by atoms with Gasteiger partial charge in [0, 0.05) is 21.6 Å². The van der Waals surface area contributed by atoms with Crippen LogP contribution in [0.1, 0.15) is 63.5 Å². The molecule has 2 aromatic heterocycles. The van der Waals surface area contributed by atoms with Crippen molar-refractivity contribution in [1.82, 2.24) is 14.8 Å². The maximum absolute atomic E-state index is 12.2. The van der Waals surface area contributed by atoms with E-state index in [1.807, 2.05) is 60.0 Å². The number of rotatable bonds is 5. The van der Waals surface area contributed by atoms with E-state index in [9.17, 15) is 14.7 Å². The van der Waals surface area contributed by atoms with Crippen LogP contribution in [0.4, 0.5) is 0 Å². The molecule has 0 amide bonds. The third-order valence-electron chi connectivity index (χ3n) is 6.83. The fourth-order valence-electron chi connectivity index (χ4n) is 4.67. The van der Waals surface area contributed by atoms with Crippen LogP contribution in [0.15, 0.2) is 53.5 Å². The Balaban J connectivity index is 1.71. The first-order valence-corrected chi connectivity index (χ1v) is 12.5. The van der Waals surface area contributed by atoms with Gasteiger partial charge in [-0.2, -0.15) is 0 Å². The third-order valence-corrected chi connectivity index (χ3v) is 8.02. The molecule has 182 valence electrons. The number of carbonyl (C=O) groups excluding carboxylic acids is 1. The van der Waals surface area contributed by atoms with Gasteiger partial charge in [0.2, 0.25) is 0 Å². The number of nitrogens with zero attached hydrogens (tertiary/aromatic N) is 4. The Bertz CT molecular complexity index is 1550. The predicted molar refractivity (Wildman–Crippen MR) is 141 cm³/mol. The van der Waals surface area contributed by atoms with Crippen molar-refractivity contribution in [3.8, 4) is 16.1 Å². The van der Waals surface area contributed by atoms with Crippen LogP contribution >= 0.6 is 11.3 Å². The van der Waals surface area contributed by atoms with E-state index in [4.69, 9.17) is 4.99 Å². The minimum absolute atomic E-state index is 0.0146. The lowest BCUT2D eigenvalue weighted by atomic mass is 9.94. The molecule has 0 aliphatic carbocycles. The molecule has 5 rings (SSSR count). The number of aryl methyl sites for hydroxylation is 2. The van der Waals surface area contributed by atoms with E-state index < -0.39 is 17.9 Å². The first-order valence-electron chi connectivity index (χ1n) is 11.7. The van der Waals surface area contributed by atoms with E-state index in [2.05, 4.69) is 24.0 Å². The molecule has 1 N–H and O–H groups in total. The smallest absolute Gasteiger partial charge is 0.308 e. The van der Waals surface area contributed by atoms with E-state index in [-0.39, 0.29) is 5.78 Å². The van der Waals surface area contributed by atoms with Gasteiger partial charge in [-0.1, -0.05) is 48.5 Å². The topological polar surface area (TPSA) is 97.4 Å². The normalized spacial score (nSPS) is 15.5. The molecular formula is C28H26N4O3S. The number of carboxylic acids is 1. The van der Waals surface area contributed by atoms with Crippen LogP contribution in [-0.2, 0) is 4.79 Å².